The van der Waals surface area contributed by atoms with Crippen molar-refractivity contribution in [3.8, 4) is 0 Å². The lowest BCUT2D eigenvalue weighted by atomic mass is 10.2. The number of benzene rings is 2. The minimum Gasteiger partial charge on any atom is -0.338 e. The van der Waals surface area contributed by atoms with Gasteiger partial charge in [0, 0.05) is 35.6 Å². The van der Waals surface area contributed by atoms with Crippen molar-refractivity contribution in [3.05, 3.63) is 90.8 Å². The molecule has 0 aliphatic rings. The first kappa shape index (κ1) is 17.7. The van der Waals surface area contributed by atoms with Crippen LogP contribution in [0.2, 0.25) is 0 Å². The van der Waals surface area contributed by atoms with Gasteiger partial charge in [-0.2, -0.15) is 0 Å². The van der Waals surface area contributed by atoms with E-state index >= 15 is 0 Å². The van der Waals surface area contributed by atoms with Crippen LogP contribution in [0.1, 0.15) is 17.3 Å². The Kier molecular flexibility index (Phi) is 4.97. The highest BCUT2D eigenvalue weighted by Gasteiger charge is 2.16. The van der Waals surface area contributed by atoms with Gasteiger partial charge in [-0.1, -0.05) is 36.4 Å². The summed E-state index contributed by atoms with van der Waals surface area (Å²) in [5, 5.41) is 4.34. The van der Waals surface area contributed by atoms with Crippen molar-refractivity contribution in [2.75, 3.05) is 16.8 Å². The molecule has 5 nitrogen and oxygen atoms in total. The lowest BCUT2D eigenvalue weighted by Gasteiger charge is -2.21. The predicted molar refractivity (Wildman–Crippen MR) is 113 cm³/mol. The standard InChI is InChI=1S/C23H20N4O/c1-2-27(19-10-4-3-5-11-19)23(28)18-13-15-24-21(16-18)26-20-12-6-8-17-9-7-14-25-22(17)20/h3-16H,2H2,1H3,(H,24,26). The van der Waals surface area contributed by atoms with Crippen molar-refractivity contribution >= 4 is 34.0 Å². The van der Waals surface area contributed by atoms with Crippen LogP contribution >= 0.6 is 0 Å². The molecule has 1 N–H and O–H groups in total. The number of aromatic nitrogens is 2. The van der Waals surface area contributed by atoms with Crippen LogP contribution in [0.15, 0.2) is 85.2 Å². The second kappa shape index (κ2) is 7.88. The van der Waals surface area contributed by atoms with Crippen molar-refractivity contribution in [2.45, 2.75) is 6.92 Å². The molecular formula is C23H20N4O. The Morgan fingerprint density at radius 1 is 0.929 bits per heavy atom. The van der Waals surface area contributed by atoms with Gasteiger partial charge in [0.1, 0.15) is 5.82 Å². The van der Waals surface area contributed by atoms with E-state index < -0.39 is 0 Å². The molecule has 2 aromatic heterocycles. The molecule has 0 saturated heterocycles. The maximum absolute atomic E-state index is 13.1. The molecular weight excluding hydrogens is 348 g/mol. The van der Waals surface area contributed by atoms with Crippen molar-refractivity contribution < 1.29 is 4.79 Å². The topological polar surface area (TPSA) is 58.1 Å². The minimum absolute atomic E-state index is 0.0600. The van der Waals surface area contributed by atoms with Gasteiger partial charge in [-0.05, 0) is 43.3 Å². The number of amides is 1. The van der Waals surface area contributed by atoms with Crippen LogP contribution < -0.4 is 10.2 Å². The van der Waals surface area contributed by atoms with Gasteiger partial charge in [-0.3, -0.25) is 9.78 Å². The lowest BCUT2D eigenvalue weighted by molar-refractivity contribution is 0.0988. The molecule has 0 aliphatic carbocycles. The first-order chi connectivity index (χ1) is 13.8. The summed E-state index contributed by atoms with van der Waals surface area (Å²) in [6.07, 6.45) is 3.41. The molecule has 0 bridgehead atoms. The lowest BCUT2D eigenvalue weighted by Crippen LogP contribution is -2.30. The Morgan fingerprint density at radius 2 is 1.75 bits per heavy atom. The second-order valence-electron chi connectivity index (χ2n) is 6.32. The largest absolute Gasteiger partial charge is 0.338 e. The number of hydrogen-bond acceptors (Lipinski definition) is 4. The Hall–Kier alpha value is -3.73. The van der Waals surface area contributed by atoms with Crippen LogP contribution in [0.25, 0.3) is 10.9 Å². The average molecular weight is 368 g/mol. The monoisotopic (exact) mass is 368 g/mol. The zero-order chi connectivity index (χ0) is 19.3. The number of fused-ring (bicyclic) bond motifs is 1. The van der Waals surface area contributed by atoms with E-state index in [0.29, 0.717) is 17.9 Å². The summed E-state index contributed by atoms with van der Waals surface area (Å²) in [4.78, 5) is 23.6. The molecule has 0 atom stereocenters. The zero-order valence-corrected chi connectivity index (χ0v) is 15.5. The summed E-state index contributed by atoms with van der Waals surface area (Å²) in [7, 11) is 0. The Balaban J connectivity index is 1.63. The first-order valence-corrected chi connectivity index (χ1v) is 9.20. The Bertz CT molecular complexity index is 1110. The van der Waals surface area contributed by atoms with E-state index in [4.69, 9.17) is 0 Å². The second-order valence-corrected chi connectivity index (χ2v) is 6.32. The normalized spacial score (nSPS) is 10.6. The van der Waals surface area contributed by atoms with Gasteiger partial charge in [-0.15, -0.1) is 0 Å². The van der Waals surface area contributed by atoms with Gasteiger partial charge in [0.2, 0.25) is 0 Å². The van der Waals surface area contributed by atoms with E-state index in [2.05, 4.69) is 15.3 Å². The molecule has 5 heteroatoms. The number of nitrogens with one attached hydrogen (secondary N) is 1. The number of rotatable bonds is 5. The third-order valence-electron chi connectivity index (χ3n) is 4.53. The average Bonchev–Trinajstić information content (AvgIpc) is 2.75. The van der Waals surface area contributed by atoms with Crippen molar-refractivity contribution in [1.82, 2.24) is 9.97 Å². The molecule has 2 heterocycles. The fraction of sp³-hybridized carbons (Fsp3) is 0.0870. The molecule has 0 aliphatic heterocycles. The molecule has 0 radical (unpaired) electrons. The number of para-hydroxylation sites is 2. The van der Waals surface area contributed by atoms with Crippen LogP contribution in [-0.2, 0) is 0 Å². The summed E-state index contributed by atoms with van der Waals surface area (Å²) >= 11 is 0. The third-order valence-corrected chi connectivity index (χ3v) is 4.53. The van der Waals surface area contributed by atoms with Crippen molar-refractivity contribution in [3.63, 3.8) is 0 Å². The summed E-state index contributed by atoms with van der Waals surface area (Å²) in [6.45, 7) is 2.55. The molecule has 0 fully saturated rings. The predicted octanol–water partition coefficient (Wildman–Crippen LogP) is 5.04. The first-order valence-electron chi connectivity index (χ1n) is 9.20. The molecule has 2 aromatic carbocycles. The van der Waals surface area contributed by atoms with Crippen molar-refractivity contribution in [2.24, 2.45) is 0 Å². The van der Waals surface area contributed by atoms with Gasteiger partial charge in [-0.25, -0.2) is 4.98 Å². The van der Waals surface area contributed by atoms with Gasteiger partial charge in [0.15, 0.2) is 0 Å². The summed E-state index contributed by atoms with van der Waals surface area (Å²) in [6, 6.07) is 23.0. The summed E-state index contributed by atoms with van der Waals surface area (Å²) < 4.78 is 0. The van der Waals surface area contributed by atoms with E-state index in [1.807, 2.05) is 67.6 Å². The number of carbonyl (C=O) groups is 1. The van der Waals surface area contributed by atoms with Crippen LogP contribution in [0.4, 0.5) is 17.2 Å². The molecule has 0 unspecified atom stereocenters. The number of carbonyl (C=O) groups excluding carboxylic acids is 1. The highest BCUT2D eigenvalue weighted by atomic mass is 16.2. The quantitative estimate of drug-likeness (QED) is 0.536. The number of pyridine rings is 2. The molecule has 138 valence electrons. The smallest absolute Gasteiger partial charge is 0.258 e. The number of anilines is 3. The Labute approximate surface area is 163 Å². The highest BCUT2D eigenvalue weighted by Crippen LogP contribution is 2.24. The molecule has 1 amide bonds. The maximum Gasteiger partial charge on any atom is 0.258 e. The fourth-order valence-corrected chi connectivity index (χ4v) is 3.18. The van der Waals surface area contributed by atoms with Gasteiger partial charge in [0.25, 0.3) is 5.91 Å². The summed E-state index contributed by atoms with van der Waals surface area (Å²) in [5.41, 5.74) is 3.17. The molecule has 0 saturated carbocycles. The minimum atomic E-state index is -0.0600. The van der Waals surface area contributed by atoms with E-state index in [0.717, 1.165) is 22.3 Å². The maximum atomic E-state index is 13.1. The van der Waals surface area contributed by atoms with Gasteiger partial charge in [0.05, 0.1) is 11.2 Å². The van der Waals surface area contributed by atoms with E-state index in [1.165, 1.54) is 0 Å². The van der Waals surface area contributed by atoms with E-state index in [-0.39, 0.29) is 5.91 Å². The number of nitrogens with zero attached hydrogens (tertiary/aromatic N) is 3. The van der Waals surface area contributed by atoms with Crippen LogP contribution in [0.5, 0.6) is 0 Å². The third kappa shape index (κ3) is 3.55. The van der Waals surface area contributed by atoms with Gasteiger partial charge >= 0.3 is 0 Å². The molecule has 0 spiro atoms. The zero-order valence-electron chi connectivity index (χ0n) is 15.5. The van der Waals surface area contributed by atoms with Crippen molar-refractivity contribution in [1.29, 1.82) is 0 Å². The fourth-order valence-electron chi connectivity index (χ4n) is 3.18. The van der Waals surface area contributed by atoms with E-state index in [9.17, 15) is 4.79 Å². The summed E-state index contributed by atoms with van der Waals surface area (Å²) in [5.74, 6) is 0.545. The highest BCUT2D eigenvalue weighted by molar-refractivity contribution is 6.06. The number of hydrogen-bond donors (Lipinski definition) is 1. The Morgan fingerprint density at radius 3 is 2.57 bits per heavy atom. The van der Waals surface area contributed by atoms with Crippen LogP contribution in [0, 0.1) is 0 Å². The SMILES string of the molecule is CCN(C(=O)c1ccnc(Nc2cccc3cccnc23)c1)c1ccccc1. The molecule has 4 rings (SSSR count). The van der Waals surface area contributed by atoms with Crippen LogP contribution in [0.3, 0.4) is 0 Å². The van der Waals surface area contributed by atoms with E-state index in [1.54, 1.807) is 29.4 Å². The molecule has 4 aromatic rings. The molecule has 28 heavy (non-hydrogen) atoms. The van der Waals surface area contributed by atoms with Gasteiger partial charge < -0.3 is 10.2 Å². The van der Waals surface area contributed by atoms with Crippen LogP contribution in [-0.4, -0.2) is 22.4 Å².